The minimum atomic E-state index is 0.892. The van der Waals surface area contributed by atoms with Crippen LogP contribution in [0.3, 0.4) is 0 Å². The molecule has 3 heteroatoms. The molecule has 100 valence electrons. The van der Waals surface area contributed by atoms with Crippen LogP contribution in [-0.2, 0) is 12.3 Å². The van der Waals surface area contributed by atoms with Gasteiger partial charge in [-0.25, -0.2) is 0 Å². The van der Waals surface area contributed by atoms with Gasteiger partial charge in [0.1, 0.15) is 0 Å². The van der Waals surface area contributed by atoms with Crippen molar-refractivity contribution in [2.24, 2.45) is 0 Å². The highest BCUT2D eigenvalue weighted by molar-refractivity contribution is 9.10. The number of aryl methyl sites for hydroxylation is 1. The van der Waals surface area contributed by atoms with E-state index in [1.54, 1.807) is 0 Å². The van der Waals surface area contributed by atoms with Gasteiger partial charge in [0.05, 0.1) is 0 Å². The summed E-state index contributed by atoms with van der Waals surface area (Å²) in [5.41, 5.74) is 3.99. The van der Waals surface area contributed by atoms with Crippen LogP contribution in [0.2, 0.25) is 0 Å². The van der Waals surface area contributed by atoms with E-state index < -0.39 is 0 Å². The maximum absolute atomic E-state index is 3.63. The van der Waals surface area contributed by atoms with E-state index in [1.807, 2.05) is 18.8 Å². The smallest absolute Gasteiger partial charge is 0.0232 e. The highest BCUT2D eigenvalue weighted by Crippen LogP contribution is 2.28. The van der Waals surface area contributed by atoms with Crippen molar-refractivity contribution in [3.8, 4) is 0 Å². The first-order valence-electron chi connectivity index (χ1n) is 6.30. The molecule has 0 radical (unpaired) electrons. The molecule has 0 bridgehead atoms. The largest absolute Gasteiger partial charge is 0.316 e. The van der Waals surface area contributed by atoms with Crippen LogP contribution in [-0.4, -0.2) is 7.05 Å². The van der Waals surface area contributed by atoms with E-state index in [4.69, 9.17) is 0 Å². The van der Waals surface area contributed by atoms with Crippen LogP contribution in [0, 0.1) is 6.92 Å². The Bertz CT molecular complexity index is 554. The van der Waals surface area contributed by atoms with Crippen LogP contribution in [0.15, 0.2) is 51.8 Å². The molecule has 0 saturated heterocycles. The lowest BCUT2D eigenvalue weighted by Gasteiger charge is -2.07. The van der Waals surface area contributed by atoms with Crippen molar-refractivity contribution in [1.29, 1.82) is 0 Å². The van der Waals surface area contributed by atoms with E-state index in [2.05, 4.69) is 70.6 Å². The molecule has 0 aromatic heterocycles. The molecule has 2 aromatic carbocycles. The van der Waals surface area contributed by atoms with Crippen LogP contribution >= 0.6 is 27.7 Å². The first-order valence-corrected chi connectivity index (χ1v) is 8.08. The number of hydrogen-bond acceptors (Lipinski definition) is 2. The van der Waals surface area contributed by atoms with Gasteiger partial charge < -0.3 is 5.32 Å². The summed E-state index contributed by atoms with van der Waals surface area (Å²) in [6.07, 6.45) is 0. The van der Waals surface area contributed by atoms with Crippen molar-refractivity contribution in [3.05, 3.63) is 63.6 Å². The summed E-state index contributed by atoms with van der Waals surface area (Å²) in [5, 5.41) is 3.17. The highest BCUT2D eigenvalue weighted by atomic mass is 79.9. The van der Waals surface area contributed by atoms with Crippen molar-refractivity contribution in [2.75, 3.05) is 7.05 Å². The van der Waals surface area contributed by atoms with Crippen LogP contribution in [0.5, 0.6) is 0 Å². The van der Waals surface area contributed by atoms with Gasteiger partial charge in [0.25, 0.3) is 0 Å². The summed E-state index contributed by atoms with van der Waals surface area (Å²) >= 11 is 5.51. The average molecular weight is 336 g/mol. The van der Waals surface area contributed by atoms with E-state index in [1.165, 1.54) is 26.1 Å². The van der Waals surface area contributed by atoms with E-state index in [0.717, 1.165) is 12.3 Å². The third-order valence-electron chi connectivity index (χ3n) is 2.88. The van der Waals surface area contributed by atoms with Gasteiger partial charge in [0.15, 0.2) is 0 Å². The van der Waals surface area contributed by atoms with Crippen molar-refractivity contribution >= 4 is 27.7 Å². The lowest BCUT2D eigenvalue weighted by Crippen LogP contribution is -2.05. The lowest BCUT2D eigenvalue weighted by atomic mass is 10.2. The second-order valence-electron chi connectivity index (χ2n) is 4.56. The zero-order valence-corrected chi connectivity index (χ0v) is 13.6. The monoisotopic (exact) mass is 335 g/mol. The number of halogens is 1. The predicted molar refractivity (Wildman–Crippen MR) is 87.6 cm³/mol. The highest BCUT2D eigenvalue weighted by Gasteiger charge is 2.02. The summed E-state index contributed by atoms with van der Waals surface area (Å²) in [6.45, 7) is 3.03. The molecule has 1 nitrogen and oxygen atoms in total. The molecule has 0 saturated carbocycles. The molecule has 0 unspecified atom stereocenters. The van der Waals surface area contributed by atoms with Gasteiger partial charge >= 0.3 is 0 Å². The molecule has 2 aromatic rings. The van der Waals surface area contributed by atoms with E-state index in [-0.39, 0.29) is 0 Å². The number of nitrogens with one attached hydrogen (secondary N) is 1. The summed E-state index contributed by atoms with van der Waals surface area (Å²) in [5.74, 6) is 1.01. The van der Waals surface area contributed by atoms with Crippen molar-refractivity contribution in [1.82, 2.24) is 5.32 Å². The molecular formula is C16H18BrNS. The third-order valence-corrected chi connectivity index (χ3v) is 4.68. The molecule has 1 N–H and O–H groups in total. The van der Waals surface area contributed by atoms with Crippen LogP contribution in [0.4, 0.5) is 0 Å². The number of benzene rings is 2. The van der Waals surface area contributed by atoms with Crippen LogP contribution < -0.4 is 5.32 Å². The van der Waals surface area contributed by atoms with E-state index in [9.17, 15) is 0 Å². The van der Waals surface area contributed by atoms with Crippen molar-refractivity contribution < 1.29 is 0 Å². The minimum Gasteiger partial charge on any atom is -0.316 e. The van der Waals surface area contributed by atoms with Crippen LogP contribution in [0.1, 0.15) is 16.7 Å². The number of thioether (sulfide) groups is 1. The van der Waals surface area contributed by atoms with Gasteiger partial charge in [-0.3, -0.25) is 0 Å². The zero-order valence-electron chi connectivity index (χ0n) is 11.2. The normalized spacial score (nSPS) is 10.7. The molecule has 0 aliphatic rings. The Morgan fingerprint density at radius 3 is 2.68 bits per heavy atom. The average Bonchev–Trinajstić information content (AvgIpc) is 2.39. The molecule has 19 heavy (non-hydrogen) atoms. The van der Waals surface area contributed by atoms with E-state index in [0.29, 0.717) is 0 Å². The van der Waals surface area contributed by atoms with Gasteiger partial charge in [0.2, 0.25) is 0 Å². The second kappa shape index (κ2) is 7.13. The Morgan fingerprint density at radius 1 is 1.16 bits per heavy atom. The van der Waals surface area contributed by atoms with Crippen molar-refractivity contribution in [3.63, 3.8) is 0 Å². The number of rotatable bonds is 5. The predicted octanol–water partition coefficient (Wildman–Crippen LogP) is 4.77. The number of hydrogen-bond donors (Lipinski definition) is 1. The fourth-order valence-corrected chi connectivity index (χ4v) is 3.47. The fourth-order valence-electron chi connectivity index (χ4n) is 1.92. The molecule has 0 aliphatic carbocycles. The molecule has 0 fully saturated rings. The van der Waals surface area contributed by atoms with Crippen LogP contribution in [0.25, 0.3) is 0 Å². The molecule has 0 aliphatic heterocycles. The Labute approximate surface area is 127 Å². The van der Waals surface area contributed by atoms with Crippen molar-refractivity contribution in [2.45, 2.75) is 24.1 Å². The maximum Gasteiger partial charge on any atom is 0.0232 e. The van der Waals surface area contributed by atoms with Gasteiger partial charge in [-0.05, 0) is 37.2 Å². The molecular weight excluding hydrogens is 318 g/mol. The standard InChI is InChI=1S/C16H18BrNS/c1-12-4-3-5-13(8-12)11-19-15-7-6-14(10-18-2)16(17)9-15/h3-9,18H,10-11H2,1-2H3. The first kappa shape index (κ1) is 14.6. The molecule has 2 rings (SSSR count). The van der Waals surface area contributed by atoms with Gasteiger partial charge in [-0.1, -0.05) is 51.8 Å². The molecule has 0 spiro atoms. The Hall–Kier alpha value is -0.770. The maximum atomic E-state index is 3.63. The lowest BCUT2D eigenvalue weighted by molar-refractivity contribution is 0.813. The van der Waals surface area contributed by atoms with E-state index >= 15 is 0 Å². The molecule has 0 amide bonds. The summed E-state index contributed by atoms with van der Waals surface area (Å²) < 4.78 is 1.18. The van der Waals surface area contributed by atoms with Gasteiger partial charge in [-0.2, -0.15) is 0 Å². The summed E-state index contributed by atoms with van der Waals surface area (Å²) in [7, 11) is 1.97. The van der Waals surface area contributed by atoms with Gasteiger partial charge in [-0.15, -0.1) is 11.8 Å². The fraction of sp³-hybridized carbons (Fsp3) is 0.250. The second-order valence-corrected chi connectivity index (χ2v) is 6.46. The topological polar surface area (TPSA) is 12.0 Å². The summed E-state index contributed by atoms with van der Waals surface area (Å²) in [6, 6.07) is 15.3. The SMILES string of the molecule is CNCc1ccc(SCc2cccc(C)c2)cc1Br. The third kappa shape index (κ3) is 4.37. The first-order chi connectivity index (χ1) is 9.19. The quantitative estimate of drug-likeness (QED) is 0.790. The zero-order chi connectivity index (χ0) is 13.7. The van der Waals surface area contributed by atoms with Gasteiger partial charge in [0, 0.05) is 21.7 Å². The Balaban J connectivity index is 2.02. The minimum absolute atomic E-state index is 0.892. The Morgan fingerprint density at radius 2 is 2.00 bits per heavy atom. The summed E-state index contributed by atoms with van der Waals surface area (Å²) in [4.78, 5) is 1.30. The molecule has 0 heterocycles. The molecule has 0 atom stereocenters. The Kier molecular flexibility index (Phi) is 5.49.